The molecule has 1 aromatic carbocycles. The van der Waals surface area contributed by atoms with E-state index >= 15 is 0 Å². The summed E-state index contributed by atoms with van der Waals surface area (Å²) in [6, 6.07) is 8.79. The number of nitrogens with zero attached hydrogens (tertiary/aromatic N) is 2. The first-order valence-electron chi connectivity index (χ1n) is 11.2. The summed E-state index contributed by atoms with van der Waals surface area (Å²) in [7, 11) is -5.77. The Morgan fingerprint density at radius 2 is 1.10 bits per heavy atom. The maximum Gasteiger partial charge on any atom is 0.151 e. The molecule has 0 amide bonds. The van der Waals surface area contributed by atoms with E-state index in [1.54, 1.807) is 0 Å². The maximum atomic E-state index is 11.9. The molecule has 3 rings (SSSR count). The second-order valence-corrected chi connectivity index (χ2v) is 13.3. The van der Waals surface area contributed by atoms with E-state index < -0.39 is 19.7 Å². The van der Waals surface area contributed by atoms with Crippen LogP contribution in [0.25, 0.3) is 0 Å². The number of hydrogen-bond donors (Lipinski definition) is 0. The molecule has 0 bridgehead atoms. The van der Waals surface area contributed by atoms with Crippen LogP contribution in [-0.2, 0) is 32.8 Å². The smallest absolute Gasteiger partial charge is 0.151 e. The van der Waals surface area contributed by atoms with Crippen molar-refractivity contribution < 1.29 is 16.8 Å². The van der Waals surface area contributed by atoms with E-state index in [4.69, 9.17) is 0 Å². The number of sulfone groups is 2. The molecule has 2 aliphatic heterocycles. The van der Waals surface area contributed by atoms with E-state index in [9.17, 15) is 16.8 Å². The van der Waals surface area contributed by atoms with E-state index in [0.29, 0.717) is 11.5 Å². The highest BCUT2D eigenvalue weighted by molar-refractivity contribution is 7.91. The topological polar surface area (TPSA) is 74.8 Å². The zero-order valence-electron chi connectivity index (χ0n) is 18.3. The van der Waals surface area contributed by atoms with E-state index in [0.717, 1.165) is 51.9 Å². The predicted molar refractivity (Wildman–Crippen MR) is 122 cm³/mol. The molecular formula is C22H36N2O4S2. The fourth-order valence-corrected chi connectivity index (χ4v) is 8.22. The van der Waals surface area contributed by atoms with Crippen molar-refractivity contribution in [1.29, 1.82) is 0 Å². The van der Waals surface area contributed by atoms with Gasteiger partial charge in [0.15, 0.2) is 19.7 Å². The number of hydrogen-bond acceptors (Lipinski definition) is 6. The molecule has 2 fully saturated rings. The Morgan fingerprint density at radius 1 is 0.733 bits per heavy atom. The van der Waals surface area contributed by atoms with Crippen LogP contribution in [0.3, 0.4) is 0 Å². The van der Waals surface area contributed by atoms with E-state index in [2.05, 4.69) is 47.9 Å². The van der Waals surface area contributed by atoms with Gasteiger partial charge in [0.05, 0.1) is 23.0 Å². The Kier molecular flexibility index (Phi) is 7.98. The van der Waals surface area contributed by atoms with Gasteiger partial charge in [-0.3, -0.25) is 9.80 Å². The van der Waals surface area contributed by atoms with Gasteiger partial charge in [0, 0.05) is 25.2 Å². The molecule has 0 aromatic heterocycles. The quantitative estimate of drug-likeness (QED) is 0.538. The fraction of sp³-hybridized carbons (Fsp3) is 0.727. The second-order valence-electron chi connectivity index (χ2n) is 8.87. The SMILES string of the molecule is CCCN(Cc1ccc(CN(CCC)C2CCS(=O)(=O)C2)cc1)C1CCS(=O)(=O)C1. The van der Waals surface area contributed by atoms with Gasteiger partial charge in [-0.25, -0.2) is 16.8 Å². The maximum absolute atomic E-state index is 11.9. The summed E-state index contributed by atoms with van der Waals surface area (Å²) >= 11 is 0. The van der Waals surface area contributed by atoms with Crippen LogP contribution in [0.5, 0.6) is 0 Å². The summed E-state index contributed by atoms with van der Waals surface area (Å²) < 4.78 is 47.5. The van der Waals surface area contributed by atoms with Crippen molar-refractivity contribution in [3.05, 3.63) is 35.4 Å². The lowest BCUT2D eigenvalue weighted by Crippen LogP contribution is -2.36. The van der Waals surface area contributed by atoms with Gasteiger partial charge in [0.2, 0.25) is 0 Å². The van der Waals surface area contributed by atoms with Crippen molar-refractivity contribution in [3.63, 3.8) is 0 Å². The fourth-order valence-electron chi connectivity index (χ4n) is 4.70. The Bertz CT molecular complexity index is 823. The number of rotatable bonds is 10. The Labute approximate surface area is 182 Å². The van der Waals surface area contributed by atoms with E-state index in [1.165, 1.54) is 11.1 Å². The molecule has 0 saturated carbocycles. The molecule has 170 valence electrons. The van der Waals surface area contributed by atoms with Crippen molar-refractivity contribution in [1.82, 2.24) is 9.80 Å². The van der Waals surface area contributed by atoms with Gasteiger partial charge in [-0.05, 0) is 49.9 Å². The standard InChI is InChI=1S/C22H36N2O4S2/c1-3-11-23(21-9-13-29(25,26)17-21)15-19-5-7-20(8-6-19)16-24(12-4-2)22-10-14-30(27,28)18-22/h5-8,21-22H,3-4,9-18H2,1-2H3. The summed E-state index contributed by atoms with van der Waals surface area (Å²) in [5.41, 5.74) is 2.39. The largest absolute Gasteiger partial charge is 0.295 e. The minimum atomic E-state index is -2.88. The third-order valence-corrected chi connectivity index (χ3v) is 9.77. The molecular weight excluding hydrogens is 420 g/mol. The Balaban J connectivity index is 1.63. The molecule has 1 aromatic rings. The Hall–Kier alpha value is -0.960. The van der Waals surface area contributed by atoms with Crippen molar-refractivity contribution in [2.24, 2.45) is 0 Å². The summed E-state index contributed by atoms with van der Waals surface area (Å²) in [5.74, 6) is 1.17. The minimum Gasteiger partial charge on any atom is -0.295 e. The van der Waals surface area contributed by atoms with Crippen LogP contribution in [0.2, 0.25) is 0 Å². The van der Waals surface area contributed by atoms with Crippen LogP contribution in [0.1, 0.15) is 50.7 Å². The van der Waals surface area contributed by atoms with Gasteiger partial charge < -0.3 is 0 Å². The molecule has 2 saturated heterocycles. The highest BCUT2D eigenvalue weighted by Gasteiger charge is 2.33. The summed E-state index contributed by atoms with van der Waals surface area (Å²) in [4.78, 5) is 4.62. The molecule has 0 spiro atoms. The first kappa shape index (κ1) is 23.7. The van der Waals surface area contributed by atoms with E-state index in [-0.39, 0.29) is 23.6 Å². The molecule has 0 aliphatic carbocycles. The number of benzene rings is 1. The highest BCUT2D eigenvalue weighted by Crippen LogP contribution is 2.22. The highest BCUT2D eigenvalue weighted by atomic mass is 32.2. The average Bonchev–Trinajstić information content (AvgIpc) is 3.23. The molecule has 8 heteroatoms. The minimum absolute atomic E-state index is 0.124. The molecule has 2 atom stereocenters. The normalized spacial score (nSPS) is 25.3. The van der Waals surface area contributed by atoms with Gasteiger partial charge in [-0.1, -0.05) is 38.1 Å². The Morgan fingerprint density at radius 3 is 1.37 bits per heavy atom. The lowest BCUT2D eigenvalue weighted by atomic mass is 10.1. The molecule has 0 radical (unpaired) electrons. The van der Waals surface area contributed by atoms with Crippen LogP contribution in [-0.4, -0.2) is 74.8 Å². The van der Waals surface area contributed by atoms with Crippen molar-refractivity contribution in [3.8, 4) is 0 Å². The van der Waals surface area contributed by atoms with Crippen LogP contribution in [0, 0.1) is 0 Å². The van der Waals surface area contributed by atoms with Crippen LogP contribution in [0.15, 0.2) is 24.3 Å². The molecule has 6 nitrogen and oxygen atoms in total. The predicted octanol–water partition coefficient (Wildman–Crippen LogP) is 2.48. The summed E-state index contributed by atoms with van der Waals surface area (Å²) in [5, 5.41) is 0. The van der Waals surface area contributed by atoms with Crippen molar-refractivity contribution >= 4 is 19.7 Å². The lowest BCUT2D eigenvalue weighted by Gasteiger charge is -2.29. The van der Waals surface area contributed by atoms with Gasteiger partial charge in [-0.15, -0.1) is 0 Å². The van der Waals surface area contributed by atoms with Crippen LogP contribution >= 0.6 is 0 Å². The molecule has 0 N–H and O–H groups in total. The van der Waals surface area contributed by atoms with Gasteiger partial charge in [-0.2, -0.15) is 0 Å². The molecule has 2 heterocycles. The first-order chi connectivity index (χ1) is 14.2. The molecule has 30 heavy (non-hydrogen) atoms. The van der Waals surface area contributed by atoms with Gasteiger partial charge in [0.25, 0.3) is 0 Å². The van der Waals surface area contributed by atoms with Crippen molar-refractivity contribution in [2.45, 2.75) is 64.7 Å². The van der Waals surface area contributed by atoms with Gasteiger partial charge >= 0.3 is 0 Å². The van der Waals surface area contributed by atoms with Crippen LogP contribution in [0.4, 0.5) is 0 Å². The second kappa shape index (κ2) is 10.1. The first-order valence-corrected chi connectivity index (χ1v) is 14.8. The average molecular weight is 457 g/mol. The third-order valence-electron chi connectivity index (χ3n) is 6.27. The third kappa shape index (κ3) is 6.52. The zero-order valence-corrected chi connectivity index (χ0v) is 19.9. The molecule has 2 aliphatic rings. The monoisotopic (exact) mass is 456 g/mol. The molecule has 2 unspecified atom stereocenters. The zero-order chi connectivity index (χ0) is 21.8. The summed E-state index contributed by atoms with van der Waals surface area (Å²) in [6.45, 7) is 7.61. The van der Waals surface area contributed by atoms with Crippen LogP contribution < -0.4 is 0 Å². The van der Waals surface area contributed by atoms with Gasteiger partial charge in [0.1, 0.15) is 0 Å². The lowest BCUT2D eigenvalue weighted by molar-refractivity contribution is 0.202. The summed E-state index contributed by atoms with van der Waals surface area (Å²) in [6.07, 6.45) is 3.48. The van der Waals surface area contributed by atoms with E-state index in [1.807, 2.05) is 0 Å². The van der Waals surface area contributed by atoms with Crippen molar-refractivity contribution in [2.75, 3.05) is 36.1 Å².